The maximum absolute atomic E-state index is 12.9. The second-order valence-electron chi connectivity index (χ2n) is 6.14. The summed E-state index contributed by atoms with van der Waals surface area (Å²) in [6, 6.07) is 12.4. The number of rotatable bonds is 6. The van der Waals surface area contributed by atoms with Crippen LogP contribution in [0, 0.1) is 0 Å². The molecule has 0 bridgehead atoms. The van der Waals surface area contributed by atoms with Crippen LogP contribution in [0.4, 0.5) is 0 Å². The lowest BCUT2D eigenvalue weighted by atomic mass is 9.92. The molecule has 0 saturated carbocycles. The third kappa shape index (κ3) is 4.31. The van der Waals surface area contributed by atoms with E-state index in [0.717, 1.165) is 5.56 Å². The Hall–Kier alpha value is -2.77. The maximum atomic E-state index is 12.9. The van der Waals surface area contributed by atoms with Gasteiger partial charge in [0.2, 0.25) is 0 Å². The second-order valence-corrected chi connectivity index (χ2v) is 6.96. The third-order valence-corrected chi connectivity index (χ3v) is 4.92. The smallest absolute Gasteiger partial charge is 0.338 e. The Balaban J connectivity index is 2.22. The van der Waals surface area contributed by atoms with Crippen LogP contribution < -0.4 is 20.1 Å². The number of hydrogen-bond acceptors (Lipinski definition) is 5. The molecule has 0 aliphatic carbocycles. The Morgan fingerprint density at radius 1 is 1.17 bits per heavy atom. The van der Waals surface area contributed by atoms with Crippen molar-refractivity contribution in [2.75, 3.05) is 20.8 Å². The van der Waals surface area contributed by atoms with Gasteiger partial charge in [-0.05, 0) is 42.4 Å². The normalized spacial score (nSPS) is 16.0. The van der Waals surface area contributed by atoms with Crippen LogP contribution in [0.5, 0.6) is 11.5 Å². The van der Waals surface area contributed by atoms with Crippen LogP contribution in [0.15, 0.2) is 48.0 Å². The first-order valence-corrected chi connectivity index (χ1v) is 9.74. The lowest BCUT2D eigenvalue weighted by molar-refractivity contribution is -0.138. The van der Waals surface area contributed by atoms with Crippen LogP contribution in [0.3, 0.4) is 0 Å². The average Bonchev–Trinajstić information content (AvgIpc) is 2.73. The SMILES string of the molecule is CCOC(=O)C1=C(c2ccccc2)NC(=S)N[C@H]1c1cc(Cl)c(OC)c(OC)c1. The van der Waals surface area contributed by atoms with Gasteiger partial charge in [-0.15, -0.1) is 0 Å². The first kappa shape index (κ1) is 21.0. The maximum Gasteiger partial charge on any atom is 0.338 e. The topological polar surface area (TPSA) is 68.8 Å². The molecule has 0 aromatic heterocycles. The van der Waals surface area contributed by atoms with E-state index in [4.69, 9.17) is 38.0 Å². The number of benzene rings is 2. The molecule has 2 aromatic carbocycles. The molecule has 6 nitrogen and oxygen atoms in total. The number of nitrogens with one attached hydrogen (secondary N) is 2. The number of carbonyl (C=O) groups excluding carboxylic acids is 1. The Morgan fingerprint density at radius 2 is 1.90 bits per heavy atom. The number of halogens is 1. The Morgan fingerprint density at radius 3 is 2.52 bits per heavy atom. The fraction of sp³-hybridized carbons (Fsp3) is 0.238. The standard InChI is InChI=1S/C21H21ClN2O4S/c1-4-28-20(25)16-17(12-8-6-5-7-9-12)23-21(29)24-18(16)13-10-14(22)19(27-3)15(11-13)26-2/h5-11,18H,4H2,1-3H3,(H2,23,24,29)/t18-/m0/s1. The van der Waals surface area contributed by atoms with Crippen molar-refractivity contribution in [2.24, 2.45) is 0 Å². The minimum atomic E-state index is -0.588. The van der Waals surface area contributed by atoms with Gasteiger partial charge in [0.25, 0.3) is 0 Å². The molecule has 1 aliphatic heterocycles. The van der Waals surface area contributed by atoms with E-state index in [9.17, 15) is 4.79 Å². The van der Waals surface area contributed by atoms with Crippen molar-refractivity contribution in [1.82, 2.24) is 10.6 Å². The number of thiocarbonyl (C=S) groups is 1. The van der Waals surface area contributed by atoms with Gasteiger partial charge in [0.1, 0.15) is 0 Å². The van der Waals surface area contributed by atoms with Gasteiger partial charge in [-0.1, -0.05) is 41.9 Å². The minimum absolute atomic E-state index is 0.244. The first-order chi connectivity index (χ1) is 14.0. The van der Waals surface area contributed by atoms with Crippen LogP contribution in [0.2, 0.25) is 5.02 Å². The molecule has 2 aromatic rings. The van der Waals surface area contributed by atoms with Crippen LogP contribution in [-0.4, -0.2) is 31.9 Å². The Labute approximate surface area is 179 Å². The fourth-order valence-corrected chi connectivity index (χ4v) is 3.70. The van der Waals surface area contributed by atoms with Gasteiger partial charge in [-0.25, -0.2) is 4.79 Å². The summed E-state index contributed by atoms with van der Waals surface area (Å²) in [6.45, 7) is 2.01. The van der Waals surface area contributed by atoms with Crippen molar-refractivity contribution in [3.63, 3.8) is 0 Å². The molecule has 0 spiro atoms. The monoisotopic (exact) mass is 432 g/mol. The average molecular weight is 433 g/mol. The van der Waals surface area contributed by atoms with Crippen molar-refractivity contribution in [2.45, 2.75) is 13.0 Å². The van der Waals surface area contributed by atoms with Crippen LogP contribution in [-0.2, 0) is 9.53 Å². The first-order valence-electron chi connectivity index (χ1n) is 8.95. The lowest BCUT2D eigenvalue weighted by Crippen LogP contribution is -2.45. The van der Waals surface area contributed by atoms with E-state index >= 15 is 0 Å². The number of carbonyl (C=O) groups is 1. The van der Waals surface area contributed by atoms with E-state index in [1.54, 1.807) is 19.1 Å². The summed E-state index contributed by atoms with van der Waals surface area (Å²) in [5.74, 6) is 0.412. The van der Waals surface area contributed by atoms with E-state index in [-0.39, 0.29) is 6.61 Å². The van der Waals surface area contributed by atoms with Gasteiger partial charge < -0.3 is 24.8 Å². The van der Waals surface area contributed by atoms with Crippen molar-refractivity contribution >= 4 is 40.6 Å². The predicted molar refractivity (Wildman–Crippen MR) is 116 cm³/mol. The lowest BCUT2D eigenvalue weighted by Gasteiger charge is -2.31. The summed E-state index contributed by atoms with van der Waals surface area (Å²) in [4.78, 5) is 12.9. The number of hydrogen-bond donors (Lipinski definition) is 2. The van der Waals surface area contributed by atoms with Crippen LogP contribution >= 0.6 is 23.8 Å². The number of esters is 1. The molecule has 0 saturated heterocycles. The summed E-state index contributed by atoms with van der Waals surface area (Å²) in [7, 11) is 3.04. The van der Waals surface area contributed by atoms with E-state index in [1.807, 2.05) is 30.3 Å². The van der Waals surface area contributed by atoms with E-state index in [1.165, 1.54) is 14.2 Å². The number of ether oxygens (including phenoxy) is 3. The summed E-state index contributed by atoms with van der Waals surface area (Å²) in [5.41, 5.74) is 2.49. The van der Waals surface area contributed by atoms with Crippen molar-refractivity contribution in [1.29, 1.82) is 0 Å². The molecule has 29 heavy (non-hydrogen) atoms. The largest absolute Gasteiger partial charge is 0.493 e. The minimum Gasteiger partial charge on any atom is -0.493 e. The molecule has 2 N–H and O–H groups in total. The molecule has 0 amide bonds. The molecular formula is C21H21ClN2O4S. The molecule has 0 unspecified atom stereocenters. The molecule has 0 radical (unpaired) electrons. The molecule has 1 aliphatic rings. The van der Waals surface area contributed by atoms with Crippen molar-refractivity contribution < 1.29 is 19.0 Å². The summed E-state index contributed by atoms with van der Waals surface area (Å²) < 4.78 is 16.1. The predicted octanol–water partition coefficient (Wildman–Crippen LogP) is 3.85. The van der Waals surface area contributed by atoms with Gasteiger partial charge in [0.05, 0.1) is 43.2 Å². The zero-order chi connectivity index (χ0) is 21.0. The summed E-state index contributed by atoms with van der Waals surface area (Å²) in [6.07, 6.45) is 0. The number of methoxy groups -OCH3 is 2. The Bertz CT molecular complexity index is 963. The van der Waals surface area contributed by atoms with E-state index < -0.39 is 12.0 Å². The van der Waals surface area contributed by atoms with Gasteiger partial charge in [-0.2, -0.15) is 0 Å². The molecular weight excluding hydrogens is 412 g/mol. The summed E-state index contributed by atoms with van der Waals surface area (Å²) >= 11 is 11.8. The molecule has 0 fully saturated rings. The third-order valence-electron chi connectivity index (χ3n) is 4.42. The van der Waals surface area contributed by atoms with Crippen molar-refractivity contribution in [3.05, 3.63) is 64.2 Å². The van der Waals surface area contributed by atoms with Crippen LogP contribution in [0.25, 0.3) is 5.70 Å². The van der Waals surface area contributed by atoms with Crippen molar-refractivity contribution in [3.8, 4) is 11.5 Å². The second kappa shape index (κ2) is 9.15. The highest BCUT2D eigenvalue weighted by molar-refractivity contribution is 7.80. The highest BCUT2D eigenvalue weighted by Gasteiger charge is 2.34. The van der Waals surface area contributed by atoms with Gasteiger partial charge in [0.15, 0.2) is 16.6 Å². The zero-order valence-electron chi connectivity index (χ0n) is 16.2. The van der Waals surface area contributed by atoms with Gasteiger partial charge in [0, 0.05) is 0 Å². The molecule has 1 atom stereocenters. The van der Waals surface area contributed by atoms with Crippen LogP contribution in [0.1, 0.15) is 24.1 Å². The Kier molecular flexibility index (Phi) is 6.61. The molecule has 8 heteroatoms. The fourth-order valence-electron chi connectivity index (χ4n) is 3.18. The van der Waals surface area contributed by atoms with E-state index in [2.05, 4.69) is 10.6 Å². The van der Waals surface area contributed by atoms with Gasteiger partial charge >= 0.3 is 5.97 Å². The highest BCUT2D eigenvalue weighted by atomic mass is 35.5. The quantitative estimate of drug-likeness (QED) is 0.530. The summed E-state index contributed by atoms with van der Waals surface area (Å²) in [5, 5.41) is 6.98. The molecule has 3 rings (SSSR count). The van der Waals surface area contributed by atoms with Gasteiger partial charge in [-0.3, -0.25) is 0 Å². The molecule has 152 valence electrons. The zero-order valence-corrected chi connectivity index (χ0v) is 17.8. The highest BCUT2D eigenvalue weighted by Crippen LogP contribution is 2.40. The van der Waals surface area contributed by atoms with E-state index in [0.29, 0.717) is 38.5 Å². The molecule has 1 heterocycles.